The van der Waals surface area contributed by atoms with Crippen LogP contribution in [-0.4, -0.2) is 45.0 Å². The van der Waals surface area contributed by atoms with Crippen molar-refractivity contribution in [3.63, 3.8) is 0 Å². The Hall–Kier alpha value is -2.64. The van der Waals surface area contributed by atoms with Crippen molar-refractivity contribution in [3.8, 4) is 5.69 Å². The summed E-state index contributed by atoms with van der Waals surface area (Å²) in [5, 5.41) is 9.14. The Balaban J connectivity index is 1.84. The first-order valence-corrected chi connectivity index (χ1v) is 10.4. The Morgan fingerprint density at radius 1 is 1.07 bits per heavy atom. The lowest BCUT2D eigenvalue weighted by molar-refractivity contribution is 0.305. The highest BCUT2D eigenvalue weighted by Gasteiger charge is 2.26. The summed E-state index contributed by atoms with van der Waals surface area (Å²) in [5.41, 5.74) is 1.33. The van der Waals surface area contributed by atoms with Gasteiger partial charge in [0.25, 0.3) is 0 Å². The Bertz CT molecular complexity index is 1080. The number of halogens is 3. The third-order valence-electron chi connectivity index (χ3n) is 5.38. The maximum Gasteiger partial charge on any atom is 0.159 e. The van der Waals surface area contributed by atoms with Gasteiger partial charge < -0.3 is 4.90 Å². The minimum atomic E-state index is -0.668. The van der Waals surface area contributed by atoms with Crippen LogP contribution in [0.5, 0.6) is 0 Å². The molecule has 156 valence electrons. The van der Waals surface area contributed by atoms with Gasteiger partial charge in [0, 0.05) is 23.6 Å². The number of benzene rings is 2. The number of aromatic nitrogens is 3. The van der Waals surface area contributed by atoms with E-state index >= 15 is 0 Å². The normalized spacial score (nSPS) is 13.1. The van der Waals surface area contributed by atoms with Crippen LogP contribution in [0.25, 0.3) is 5.69 Å². The van der Waals surface area contributed by atoms with Gasteiger partial charge in [-0.2, -0.15) is 0 Å². The number of nitrogens with zero attached hydrogens (tertiary/aromatic N) is 5. The predicted octanol–water partition coefficient (Wildman–Crippen LogP) is 4.43. The summed E-state index contributed by atoms with van der Waals surface area (Å²) in [5.74, 6) is 0.0731. The average molecular weight is 430 g/mol. The fraction of sp³-hybridized carbons (Fsp3) is 0.318. The molecular formula is C22H22ClF2N5. The zero-order valence-electron chi connectivity index (χ0n) is 16.9. The molecule has 1 aliphatic rings. The molecule has 1 aliphatic heterocycles. The van der Waals surface area contributed by atoms with Crippen molar-refractivity contribution in [3.05, 3.63) is 75.8 Å². The van der Waals surface area contributed by atoms with E-state index in [1.54, 1.807) is 12.1 Å². The first kappa shape index (κ1) is 20.6. The van der Waals surface area contributed by atoms with Crippen LogP contribution in [0.15, 0.2) is 41.4 Å². The summed E-state index contributed by atoms with van der Waals surface area (Å²) in [4.78, 5) is 6.83. The van der Waals surface area contributed by atoms with Crippen molar-refractivity contribution in [2.75, 3.05) is 19.6 Å². The Labute approximate surface area is 179 Å². The molecule has 0 saturated heterocycles. The zero-order valence-corrected chi connectivity index (χ0v) is 17.6. The SMILES string of the molecule is CCN(CC)CCc1nnc2n1-c1ccc(Cl)cc1C(c1c(F)cccc1F)=NC2. The molecule has 5 nitrogen and oxygen atoms in total. The molecule has 30 heavy (non-hydrogen) atoms. The van der Waals surface area contributed by atoms with E-state index in [4.69, 9.17) is 11.6 Å². The largest absolute Gasteiger partial charge is 0.303 e. The molecule has 4 rings (SSSR count). The summed E-state index contributed by atoms with van der Waals surface area (Å²) in [6.45, 7) is 7.13. The monoisotopic (exact) mass is 429 g/mol. The first-order valence-electron chi connectivity index (χ1n) is 9.98. The summed E-state index contributed by atoms with van der Waals surface area (Å²) in [6, 6.07) is 9.05. The lowest BCUT2D eigenvalue weighted by atomic mass is 9.99. The van der Waals surface area contributed by atoms with Crippen LogP contribution in [0.4, 0.5) is 8.78 Å². The van der Waals surface area contributed by atoms with Crippen molar-refractivity contribution >= 4 is 17.3 Å². The molecule has 0 atom stereocenters. The maximum absolute atomic E-state index is 14.6. The highest BCUT2D eigenvalue weighted by molar-refractivity contribution is 6.31. The third kappa shape index (κ3) is 3.75. The van der Waals surface area contributed by atoms with E-state index in [1.165, 1.54) is 18.2 Å². The second-order valence-electron chi connectivity index (χ2n) is 7.07. The molecule has 0 saturated carbocycles. The smallest absolute Gasteiger partial charge is 0.159 e. The van der Waals surface area contributed by atoms with Gasteiger partial charge in [-0.05, 0) is 43.4 Å². The van der Waals surface area contributed by atoms with Crippen LogP contribution in [-0.2, 0) is 13.0 Å². The lowest BCUT2D eigenvalue weighted by Crippen LogP contribution is -2.26. The van der Waals surface area contributed by atoms with Crippen LogP contribution in [0.1, 0.15) is 36.6 Å². The Morgan fingerprint density at radius 2 is 1.80 bits per heavy atom. The number of aliphatic imine (C=N–C) groups is 1. The van der Waals surface area contributed by atoms with E-state index in [2.05, 4.69) is 33.9 Å². The lowest BCUT2D eigenvalue weighted by Gasteiger charge is -2.18. The van der Waals surface area contributed by atoms with Gasteiger partial charge in [-0.15, -0.1) is 10.2 Å². The molecule has 0 amide bonds. The van der Waals surface area contributed by atoms with Crippen LogP contribution >= 0.6 is 11.6 Å². The van der Waals surface area contributed by atoms with Gasteiger partial charge >= 0.3 is 0 Å². The molecule has 0 spiro atoms. The Kier molecular flexibility index (Phi) is 5.92. The summed E-state index contributed by atoms with van der Waals surface area (Å²) < 4.78 is 31.1. The molecule has 0 bridgehead atoms. The molecule has 0 fully saturated rings. The highest BCUT2D eigenvalue weighted by Crippen LogP contribution is 2.30. The predicted molar refractivity (Wildman–Crippen MR) is 114 cm³/mol. The van der Waals surface area contributed by atoms with Crippen LogP contribution in [0.3, 0.4) is 0 Å². The van der Waals surface area contributed by atoms with Crippen LogP contribution < -0.4 is 0 Å². The van der Waals surface area contributed by atoms with Gasteiger partial charge in [-0.1, -0.05) is 31.5 Å². The molecule has 8 heteroatoms. The number of likely N-dealkylation sites (N-methyl/N-ethyl adjacent to an activating group) is 1. The summed E-state index contributed by atoms with van der Waals surface area (Å²) in [7, 11) is 0. The first-order chi connectivity index (χ1) is 14.5. The number of rotatable bonds is 6. The minimum Gasteiger partial charge on any atom is -0.303 e. The van der Waals surface area contributed by atoms with Gasteiger partial charge in [0.2, 0.25) is 0 Å². The van der Waals surface area contributed by atoms with Gasteiger partial charge in [-0.3, -0.25) is 9.56 Å². The van der Waals surface area contributed by atoms with E-state index in [9.17, 15) is 8.78 Å². The van der Waals surface area contributed by atoms with Crippen LogP contribution in [0, 0.1) is 11.6 Å². The summed E-state index contributed by atoms with van der Waals surface area (Å²) in [6.07, 6.45) is 0.695. The fourth-order valence-corrected chi connectivity index (χ4v) is 3.93. The highest BCUT2D eigenvalue weighted by atomic mass is 35.5. The number of hydrogen-bond donors (Lipinski definition) is 0. The van der Waals surface area contributed by atoms with E-state index in [0.717, 1.165) is 25.5 Å². The second-order valence-corrected chi connectivity index (χ2v) is 7.50. The van der Waals surface area contributed by atoms with Crippen molar-refractivity contribution in [1.82, 2.24) is 19.7 Å². The number of fused-ring (bicyclic) bond motifs is 3. The van der Waals surface area contributed by atoms with E-state index in [-0.39, 0.29) is 17.8 Å². The maximum atomic E-state index is 14.6. The standard InChI is InChI=1S/C22H22ClF2N5/c1-3-29(4-2)11-10-19-27-28-20-13-26-22(21-16(24)6-5-7-17(21)25)15-12-14(23)8-9-18(15)30(19)20/h5-9,12H,3-4,10-11,13H2,1-2H3. The Morgan fingerprint density at radius 3 is 2.50 bits per heavy atom. The topological polar surface area (TPSA) is 46.3 Å². The molecule has 1 aromatic heterocycles. The molecule has 0 aliphatic carbocycles. The van der Waals surface area contributed by atoms with E-state index in [0.29, 0.717) is 28.5 Å². The molecular weight excluding hydrogens is 408 g/mol. The van der Waals surface area contributed by atoms with Gasteiger partial charge in [0.05, 0.1) is 17.0 Å². The fourth-order valence-electron chi connectivity index (χ4n) is 3.76. The average Bonchev–Trinajstić information content (AvgIpc) is 3.06. The van der Waals surface area contributed by atoms with Crippen molar-refractivity contribution < 1.29 is 8.78 Å². The molecule has 0 unspecified atom stereocenters. The van der Waals surface area contributed by atoms with Gasteiger partial charge in [0.15, 0.2) is 5.82 Å². The molecule has 0 radical (unpaired) electrons. The van der Waals surface area contributed by atoms with E-state index < -0.39 is 11.6 Å². The molecule has 2 heterocycles. The van der Waals surface area contributed by atoms with Gasteiger partial charge in [-0.25, -0.2) is 8.78 Å². The van der Waals surface area contributed by atoms with Crippen LogP contribution in [0.2, 0.25) is 5.02 Å². The zero-order chi connectivity index (χ0) is 21.3. The van der Waals surface area contributed by atoms with Gasteiger partial charge in [0.1, 0.15) is 24.0 Å². The number of hydrogen-bond acceptors (Lipinski definition) is 4. The molecule has 2 aromatic carbocycles. The minimum absolute atomic E-state index is 0.160. The molecule has 0 N–H and O–H groups in total. The second kappa shape index (κ2) is 8.62. The third-order valence-corrected chi connectivity index (χ3v) is 5.61. The van der Waals surface area contributed by atoms with E-state index in [1.807, 2.05) is 10.6 Å². The van der Waals surface area contributed by atoms with Crippen molar-refractivity contribution in [2.45, 2.75) is 26.8 Å². The molecule has 3 aromatic rings. The summed E-state index contributed by atoms with van der Waals surface area (Å²) >= 11 is 6.25. The quantitative estimate of drug-likeness (QED) is 0.582. The van der Waals surface area contributed by atoms with Crippen molar-refractivity contribution in [1.29, 1.82) is 0 Å². The van der Waals surface area contributed by atoms with Crippen molar-refractivity contribution in [2.24, 2.45) is 4.99 Å².